The highest BCUT2D eigenvalue weighted by Gasteiger charge is 2.73. The number of benzene rings is 1. The Kier molecular flexibility index (Phi) is 8.86. The van der Waals surface area contributed by atoms with Gasteiger partial charge in [-0.1, -0.05) is 68.4 Å². The predicted molar refractivity (Wildman–Crippen MR) is 253 cm³/mol. The van der Waals surface area contributed by atoms with Crippen molar-refractivity contribution in [1.82, 2.24) is 0 Å². The molecule has 1 aliphatic heterocycles. The van der Waals surface area contributed by atoms with Crippen molar-refractivity contribution in [2.45, 2.75) is 190 Å². The van der Waals surface area contributed by atoms with Crippen LogP contribution in [0.4, 0.5) is 0 Å². The summed E-state index contributed by atoms with van der Waals surface area (Å²) >= 11 is 0. The summed E-state index contributed by atoms with van der Waals surface area (Å²) < 4.78 is 19.3. The fourth-order valence-corrected chi connectivity index (χ4v) is 19.0. The number of carbonyl (C=O) groups excluding carboxylic acids is 4. The number of rotatable bonds is 1. The van der Waals surface area contributed by atoms with Crippen LogP contribution in [0.3, 0.4) is 0 Å². The Morgan fingerprint density at radius 1 is 0.742 bits per heavy atom. The van der Waals surface area contributed by atoms with Gasteiger partial charge in [-0.25, -0.2) is 0 Å². The van der Waals surface area contributed by atoms with Gasteiger partial charge in [0, 0.05) is 34.5 Å². The van der Waals surface area contributed by atoms with Crippen LogP contribution in [0.5, 0.6) is 11.5 Å². The van der Waals surface area contributed by atoms with Crippen molar-refractivity contribution in [3.8, 4) is 11.5 Å². The monoisotopic (exact) mass is 901 g/mol. The molecule has 9 aliphatic carbocycles. The number of ether oxygens (including phenoxy) is 3. The first-order valence-electron chi connectivity index (χ1n) is 25.7. The fourth-order valence-electron chi connectivity index (χ4n) is 19.0. The van der Waals surface area contributed by atoms with E-state index in [1.165, 1.54) is 12.7 Å². The largest absolute Gasteiger partial charge is 0.471 e. The first kappa shape index (κ1) is 45.0. The molecule has 356 valence electrons. The fraction of sp³-hybridized carbons (Fsp3) is 0.724. The van der Waals surface area contributed by atoms with E-state index in [2.05, 4.69) is 75.3 Å². The molecule has 66 heavy (non-hydrogen) atoms. The summed E-state index contributed by atoms with van der Waals surface area (Å²) in [5.41, 5.74) is 1.82. The summed E-state index contributed by atoms with van der Waals surface area (Å²) in [6.07, 6.45) is 18.6. The van der Waals surface area contributed by atoms with Crippen molar-refractivity contribution in [1.29, 1.82) is 0 Å². The standard InChI is InChI=1S/C58H76O8/c1-32-26-41-49(4,30-38(32)60)19-23-53(8)40-15-14-34-35(51(40,6)20-24-54(41,53)9)28-44(61)58(63)57(34,12)65-39-27-36-45(33(2)46(39)66-58)37(59)29-42-52(36,7)21-25-56(11)43-31-50(5,47(62)64-13)17-16-48(43,3)18-22-55(42,56)10/h14,27-29,32,40-41,43,63H,15-26,30-31H2,1-13H3. The summed E-state index contributed by atoms with van der Waals surface area (Å²) in [5.74, 6) is -0.844. The summed E-state index contributed by atoms with van der Waals surface area (Å²) in [6.45, 7) is 27.3. The molecule has 15 unspecified atom stereocenters. The third-order valence-electron chi connectivity index (χ3n) is 23.9. The van der Waals surface area contributed by atoms with Crippen molar-refractivity contribution in [2.75, 3.05) is 7.11 Å². The number of fused-ring (bicyclic) bond motifs is 17. The lowest BCUT2D eigenvalue weighted by Gasteiger charge is -2.71. The van der Waals surface area contributed by atoms with Crippen LogP contribution in [0.1, 0.15) is 188 Å². The molecule has 6 fully saturated rings. The second kappa shape index (κ2) is 13.0. The van der Waals surface area contributed by atoms with Gasteiger partial charge < -0.3 is 19.3 Å². The average molecular weight is 901 g/mol. The average Bonchev–Trinajstić information content (AvgIpc) is 3.25. The van der Waals surface area contributed by atoms with Gasteiger partial charge in [0.25, 0.3) is 0 Å². The van der Waals surface area contributed by atoms with Gasteiger partial charge in [0.05, 0.1) is 12.5 Å². The second-order valence-corrected chi connectivity index (χ2v) is 26.7. The molecule has 15 atom stereocenters. The van der Waals surface area contributed by atoms with Crippen molar-refractivity contribution < 1.29 is 38.5 Å². The maximum atomic E-state index is 14.8. The number of hydrogen-bond acceptors (Lipinski definition) is 8. The van der Waals surface area contributed by atoms with Gasteiger partial charge in [-0.05, 0) is 195 Å². The lowest BCUT2D eigenvalue weighted by molar-refractivity contribution is -0.234. The molecule has 0 amide bonds. The first-order chi connectivity index (χ1) is 30.6. The van der Waals surface area contributed by atoms with Gasteiger partial charge in [-0.2, -0.15) is 0 Å². The van der Waals surface area contributed by atoms with E-state index in [4.69, 9.17) is 14.2 Å². The molecule has 0 aromatic heterocycles. The number of ketones is 3. The van der Waals surface area contributed by atoms with Crippen LogP contribution in [-0.2, 0) is 24.5 Å². The topological polar surface area (TPSA) is 116 Å². The third kappa shape index (κ3) is 4.97. The van der Waals surface area contributed by atoms with Gasteiger partial charge in [0.2, 0.25) is 11.4 Å². The van der Waals surface area contributed by atoms with Crippen molar-refractivity contribution in [2.24, 2.45) is 67.0 Å². The van der Waals surface area contributed by atoms with E-state index >= 15 is 0 Å². The summed E-state index contributed by atoms with van der Waals surface area (Å²) in [5, 5.41) is 12.8. The van der Waals surface area contributed by atoms with E-state index in [0.717, 1.165) is 100 Å². The lowest BCUT2D eigenvalue weighted by Crippen LogP contribution is -2.71. The quantitative estimate of drug-likeness (QED) is 0.277. The maximum absolute atomic E-state index is 14.8. The normalized spacial score (nSPS) is 50.8. The van der Waals surface area contributed by atoms with E-state index < -0.39 is 28.0 Å². The Labute approximate surface area is 393 Å². The summed E-state index contributed by atoms with van der Waals surface area (Å²) in [7, 11) is 1.51. The Morgan fingerprint density at radius 3 is 2.11 bits per heavy atom. The number of esters is 1. The molecule has 1 aromatic carbocycles. The summed E-state index contributed by atoms with van der Waals surface area (Å²) in [4.78, 5) is 56.1. The van der Waals surface area contributed by atoms with Crippen LogP contribution in [-0.4, -0.2) is 46.9 Å². The molecule has 8 nitrogen and oxygen atoms in total. The maximum Gasteiger partial charge on any atom is 0.317 e. The van der Waals surface area contributed by atoms with E-state index in [-0.39, 0.29) is 73.2 Å². The molecule has 1 N–H and O–H groups in total. The van der Waals surface area contributed by atoms with Gasteiger partial charge in [0.1, 0.15) is 5.78 Å². The van der Waals surface area contributed by atoms with Gasteiger partial charge in [-0.15, -0.1) is 0 Å². The molecule has 1 aromatic rings. The van der Waals surface area contributed by atoms with E-state index in [1.807, 2.05) is 26.0 Å². The van der Waals surface area contributed by atoms with E-state index in [1.54, 1.807) is 6.08 Å². The molecular formula is C58H76O8. The minimum absolute atomic E-state index is 0.0115. The van der Waals surface area contributed by atoms with Crippen LogP contribution in [0, 0.1) is 73.9 Å². The SMILES string of the molecule is COC(=O)C1(C)CCC2(C)CCC3(C)C4=CC(=O)c5c(cc6c(c5C)OC5(O)C(=O)C=C7C(=CCC8C7(C)CCC7(C)C9CC(C)C(=O)CC9(C)CCC87C)C5(C)O6)C4(C)CCC3(C)C2C1. The zero-order valence-corrected chi connectivity index (χ0v) is 42.3. The summed E-state index contributed by atoms with van der Waals surface area (Å²) in [6, 6.07) is 2.03. The molecular weight excluding hydrogens is 825 g/mol. The van der Waals surface area contributed by atoms with E-state index in [0.29, 0.717) is 35.0 Å². The Bertz CT molecular complexity index is 2570. The number of Topliss-reactive ketones (excluding diaryl/α,β-unsaturated/α-hetero) is 1. The van der Waals surface area contributed by atoms with E-state index in [9.17, 15) is 24.3 Å². The zero-order valence-electron chi connectivity index (χ0n) is 42.3. The third-order valence-corrected chi connectivity index (χ3v) is 23.9. The van der Waals surface area contributed by atoms with Crippen LogP contribution in [0.25, 0.3) is 0 Å². The van der Waals surface area contributed by atoms with Crippen LogP contribution < -0.4 is 9.47 Å². The molecule has 8 heteroatoms. The van der Waals surface area contributed by atoms with Crippen molar-refractivity contribution >= 4 is 23.3 Å². The molecule has 1 heterocycles. The van der Waals surface area contributed by atoms with Crippen LogP contribution >= 0.6 is 0 Å². The lowest BCUT2D eigenvalue weighted by atomic mass is 9.33. The van der Waals surface area contributed by atoms with Gasteiger partial charge in [-0.3, -0.25) is 19.2 Å². The molecule has 11 rings (SSSR count). The van der Waals surface area contributed by atoms with Crippen molar-refractivity contribution in [3.05, 3.63) is 57.7 Å². The van der Waals surface area contributed by atoms with Gasteiger partial charge in [0.15, 0.2) is 17.3 Å². The van der Waals surface area contributed by atoms with Crippen LogP contribution in [0.15, 0.2) is 41.0 Å². The highest BCUT2D eigenvalue weighted by molar-refractivity contribution is 6.10. The molecule has 6 saturated carbocycles. The predicted octanol–water partition coefficient (Wildman–Crippen LogP) is 11.9. The van der Waals surface area contributed by atoms with Gasteiger partial charge >= 0.3 is 11.8 Å². The molecule has 0 bridgehead atoms. The number of methoxy groups -OCH3 is 1. The van der Waals surface area contributed by atoms with Crippen molar-refractivity contribution in [3.63, 3.8) is 0 Å². The number of hydrogen-bond donors (Lipinski definition) is 1. The highest BCUT2D eigenvalue weighted by atomic mass is 16.7. The smallest absolute Gasteiger partial charge is 0.317 e. The Balaban J connectivity index is 0.967. The number of carbonyl (C=O) groups is 4. The zero-order chi connectivity index (χ0) is 47.6. The Hall–Kier alpha value is -3.52. The second-order valence-electron chi connectivity index (χ2n) is 26.7. The van der Waals surface area contributed by atoms with Crippen LogP contribution in [0.2, 0.25) is 0 Å². The minimum atomic E-state index is -2.34. The number of allylic oxidation sites excluding steroid dienone is 3. The minimum Gasteiger partial charge on any atom is -0.471 e. The highest BCUT2D eigenvalue weighted by Crippen LogP contribution is 2.78. The number of aliphatic hydroxyl groups is 1. The molecule has 10 aliphatic rings. The molecule has 0 spiro atoms. The Morgan fingerprint density at radius 2 is 1.39 bits per heavy atom. The first-order valence-corrected chi connectivity index (χ1v) is 25.7. The molecule has 0 radical (unpaired) electrons. The molecule has 0 saturated heterocycles.